The van der Waals surface area contributed by atoms with Gasteiger partial charge >= 0.3 is 10.1 Å². The maximum atomic E-state index is 11.4. The number of benzene rings is 2. The zero-order valence-electron chi connectivity index (χ0n) is 9.74. The van der Waals surface area contributed by atoms with Gasteiger partial charge in [-0.15, -0.1) is 0 Å². The molecule has 96 valence electrons. The van der Waals surface area contributed by atoms with E-state index in [0.717, 1.165) is 5.56 Å². The number of hydrogen-bond donors (Lipinski definition) is 2. The summed E-state index contributed by atoms with van der Waals surface area (Å²) in [5.41, 5.74) is 2.06. The Bertz CT molecular complexity index is 839. The fourth-order valence-corrected chi connectivity index (χ4v) is 2.72. The number of H-pyrrole nitrogens is 1. The molecule has 1 heterocycles. The second kappa shape index (κ2) is 4.18. The highest BCUT2D eigenvalue weighted by Gasteiger charge is 2.20. The Hall–Kier alpha value is -2.18. The molecule has 0 spiro atoms. The summed E-state index contributed by atoms with van der Waals surface area (Å²) in [6, 6.07) is 14.6. The summed E-state index contributed by atoms with van der Waals surface area (Å²) < 4.78 is 32.0. The minimum absolute atomic E-state index is 0.276. The van der Waals surface area contributed by atoms with E-state index in [9.17, 15) is 13.0 Å². The van der Waals surface area contributed by atoms with Crippen molar-refractivity contribution in [2.24, 2.45) is 0 Å². The molecule has 0 aliphatic carbocycles. The minimum atomic E-state index is -4.33. The lowest BCUT2D eigenvalue weighted by Gasteiger charge is -2.04. The summed E-state index contributed by atoms with van der Waals surface area (Å²) in [6.07, 6.45) is 0. The third-order valence-electron chi connectivity index (χ3n) is 2.89. The molecule has 0 amide bonds. The first-order chi connectivity index (χ1) is 9.07. The van der Waals surface area contributed by atoms with Gasteiger partial charge in [-0.2, -0.15) is 13.5 Å². The summed E-state index contributed by atoms with van der Waals surface area (Å²) in [7, 11) is -4.33. The number of rotatable bonds is 2. The number of nitrogens with one attached hydrogen (secondary N) is 1. The zero-order valence-corrected chi connectivity index (χ0v) is 10.6. The normalized spacial score (nSPS) is 11.8. The molecule has 0 bridgehead atoms. The lowest BCUT2D eigenvalue weighted by Crippen LogP contribution is -1.99. The standard InChI is InChI=1S/C13H10N2O3S/c16-19(17,18)13-12-10(9-5-2-1-3-6-9)7-4-8-11(12)14-15-13/h1-8H,(H,14,15)(H,16,17,18). The van der Waals surface area contributed by atoms with Gasteiger partial charge in [0, 0.05) is 5.39 Å². The monoisotopic (exact) mass is 274 g/mol. The fourth-order valence-electron chi connectivity index (χ4n) is 2.08. The highest BCUT2D eigenvalue weighted by Crippen LogP contribution is 2.31. The van der Waals surface area contributed by atoms with E-state index in [-0.39, 0.29) is 5.03 Å². The van der Waals surface area contributed by atoms with Crippen molar-refractivity contribution < 1.29 is 13.0 Å². The topological polar surface area (TPSA) is 83.0 Å². The molecule has 2 N–H and O–H groups in total. The van der Waals surface area contributed by atoms with E-state index in [1.165, 1.54) is 0 Å². The lowest BCUT2D eigenvalue weighted by atomic mass is 10.0. The molecular weight excluding hydrogens is 264 g/mol. The third-order valence-corrected chi connectivity index (χ3v) is 3.70. The largest absolute Gasteiger partial charge is 0.312 e. The molecule has 0 aliphatic heterocycles. The first-order valence-corrected chi connectivity index (χ1v) is 7.01. The van der Waals surface area contributed by atoms with Crippen molar-refractivity contribution >= 4 is 21.0 Å². The van der Waals surface area contributed by atoms with Gasteiger partial charge in [0.05, 0.1) is 5.52 Å². The van der Waals surface area contributed by atoms with Crippen LogP contribution in [0.3, 0.4) is 0 Å². The predicted molar refractivity (Wildman–Crippen MR) is 71.3 cm³/mol. The number of nitrogens with zero attached hydrogens (tertiary/aromatic N) is 1. The Morgan fingerprint density at radius 1 is 1.00 bits per heavy atom. The van der Waals surface area contributed by atoms with E-state index >= 15 is 0 Å². The maximum Gasteiger partial charge on any atom is 0.312 e. The predicted octanol–water partition coefficient (Wildman–Crippen LogP) is 2.48. The van der Waals surface area contributed by atoms with Gasteiger partial charge < -0.3 is 0 Å². The van der Waals surface area contributed by atoms with Gasteiger partial charge in [0.2, 0.25) is 0 Å². The van der Waals surface area contributed by atoms with Crippen LogP contribution >= 0.6 is 0 Å². The van der Waals surface area contributed by atoms with Crippen LogP contribution in [0.1, 0.15) is 0 Å². The molecule has 19 heavy (non-hydrogen) atoms. The van der Waals surface area contributed by atoms with Gasteiger partial charge in [0.25, 0.3) is 0 Å². The van der Waals surface area contributed by atoms with Crippen LogP contribution in [0.4, 0.5) is 0 Å². The average Bonchev–Trinajstić information content (AvgIpc) is 2.83. The van der Waals surface area contributed by atoms with Crippen LogP contribution in [0.15, 0.2) is 53.6 Å². The van der Waals surface area contributed by atoms with Crippen molar-refractivity contribution in [3.8, 4) is 11.1 Å². The molecule has 0 saturated carbocycles. The molecule has 0 atom stereocenters. The van der Waals surface area contributed by atoms with Gasteiger partial charge in [-0.3, -0.25) is 9.65 Å². The van der Waals surface area contributed by atoms with E-state index in [1.807, 2.05) is 30.3 Å². The summed E-state index contributed by atoms with van der Waals surface area (Å²) in [6.45, 7) is 0. The van der Waals surface area contributed by atoms with Gasteiger partial charge in [0.1, 0.15) is 0 Å². The Labute approximate surface area is 109 Å². The Kier molecular flexibility index (Phi) is 2.62. The summed E-state index contributed by atoms with van der Waals surface area (Å²) in [5.74, 6) is 0. The van der Waals surface area contributed by atoms with E-state index < -0.39 is 10.1 Å². The molecule has 3 aromatic rings. The number of aromatic amines is 1. The summed E-state index contributed by atoms with van der Waals surface area (Å²) in [4.78, 5) is 0. The molecule has 2 aromatic carbocycles. The Morgan fingerprint density at radius 2 is 1.74 bits per heavy atom. The molecule has 0 unspecified atom stereocenters. The molecule has 0 saturated heterocycles. The van der Waals surface area contributed by atoms with Crippen molar-refractivity contribution in [3.05, 3.63) is 48.5 Å². The Morgan fingerprint density at radius 3 is 2.42 bits per heavy atom. The molecule has 0 aliphatic rings. The molecule has 3 rings (SSSR count). The average molecular weight is 274 g/mol. The van der Waals surface area contributed by atoms with Crippen LogP contribution < -0.4 is 0 Å². The van der Waals surface area contributed by atoms with Crippen LogP contribution in [-0.4, -0.2) is 23.2 Å². The van der Waals surface area contributed by atoms with Crippen molar-refractivity contribution in [2.45, 2.75) is 5.03 Å². The van der Waals surface area contributed by atoms with Crippen molar-refractivity contribution in [1.29, 1.82) is 0 Å². The SMILES string of the molecule is O=S(=O)(O)c1[nH]nc2cccc(-c3ccccc3)c12. The smallest absolute Gasteiger partial charge is 0.281 e. The fraction of sp³-hybridized carbons (Fsp3) is 0. The van der Waals surface area contributed by atoms with Crippen LogP contribution in [0, 0.1) is 0 Å². The highest BCUT2D eigenvalue weighted by atomic mass is 32.2. The van der Waals surface area contributed by atoms with E-state index in [1.54, 1.807) is 18.2 Å². The molecule has 5 nitrogen and oxygen atoms in total. The number of hydrogen-bond acceptors (Lipinski definition) is 3. The first-order valence-electron chi connectivity index (χ1n) is 5.57. The molecule has 0 radical (unpaired) electrons. The van der Waals surface area contributed by atoms with Crippen LogP contribution in [0.2, 0.25) is 0 Å². The van der Waals surface area contributed by atoms with Crippen LogP contribution in [-0.2, 0) is 10.1 Å². The molecular formula is C13H10N2O3S. The zero-order chi connectivity index (χ0) is 13.5. The first kappa shape index (κ1) is 11.9. The Balaban J connectivity index is 2.41. The molecule has 0 fully saturated rings. The number of fused-ring (bicyclic) bond motifs is 1. The second-order valence-electron chi connectivity index (χ2n) is 4.09. The van der Waals surface area contributed by atoms with Gasteiger partial charge in [-0.25, -0.2) is 0 Å². The quantitative estimate of drug-likeness (QED) is 0.703. The van der Waals surface area contributed by atoms with Gasteiger partial charge in [-0.1, -0.05) is 42.5 Å². The van der Waals surface area contributed by atoms with Crippen LogP contribution in [0.25, 0.3) is 22.0 Å². The summed E-state index contributed by atoms with van der Waals surface area (Å²) in [5, 5.41) is 6.41. The minimum Gasteiger partial charge on any atom is -0.281 e. The summed E-state index contributed by atoms with van der Waals surface area (Å²) >= 11 is 0. The third kappa shape index (κ3) is 2.00. The van der Waals surface area contributed by atoms with Crippen molar-refractivity contribution in [1.82, 2.24) is 10.2 Å². The lowest BCUT2D eigenvalue weighted by molar-refractivity contribution is 0.480. The second-order valence-corrected chi connectivity index (χ2v) is 5.45. The maximum absolute atomic E-state index is 11.4. The van der Waals surface area contributed by atoms with Gasteiger partial charge in [0.15, 0.2) is 5.03 Å². The number of aromatic nitrogens is 2. The van der Waals surface area contributed by atoms with Crippen molar-refractivity contribution in [2.75, 3.05) is 0 Å². The molecule has 1 aromatic heterocycles. The van der Waals surface area contributed by atoms with Crippen molar-refractivity contribution in [3.63, 3.8) is 0 Å². The van der Waals surface area contributed by atoms with Crippen LogP contribution in [0.5, 0.6) is 0 Å². The van der Waals surface area contributed by atoms with E-state index in [4.69, 9.17) is 0 Å². The van der Waals surface area contributed by atoms with E-state index in [0.29, 0.717) is 16.5 Å². The van der Waals surface area contributed by atoms with E-state index in [2.05, 4.69) is 10.2 Å². The van der Waals surface area contributed by atoms with Gasteiger partial charge in [-0.05, 0) is 17.2 Å². The highest BCUT2D eigenvalue weighted by molar-refractivity contribution is 7.86. The molecule has 6 heteroatoms.